The third-order valence-corrected chi connectivity index (χ3v) is 2.50. The summed E-state index contributed by atoms with van der Waals surface area (Å²) in [6.45, 7) is 7.46. The minimum absolute atomic E-state index is 0.0366. The zero-order valence-electron chi connectivity index (χ0n) is 9.42. The van der Waals surface area contributed by atoms with Crippen molar-refractivity contribution >= 4 is 5.91 Å². The molecule has 0 saturated carbocycles. The Morgan fingerprint density at radius 3 is 2.29 bits per heavy atom. The topological polar surface area (TPSA) is 44.1 Å². The van der Waals surface area contributed by atoms with E-state index in [0.29, 0.717) is 12.8 Å². The van der Waals surface area contributed by atoms with Gasteiger partial charge in [0, 0.05) is 25.4 Å². The van der Waals surface area contributed by atoms with Gasteiger partial charge in [-0.05, 0) is 26.7 Å². The number of hydrogen-bond acceptors (Lipinski definition) is 2. The van der Waals surface area contributed by atoms with Crippen LogP contribution in [0, 0.1) is 17.2 Å². The van der Waals surface area contributed by atoms with Gasteiger partial charge in [-0.15, -0.1) is 0 Å². The molecule has 3 heteroatoms. The second-order valence-electron chi connectivity index (χ2n) is 3.34. The molecular formula is C11H20N2O. The van der Waals surface area contributed by atoms with Crippen molar-refractivity contribution in [1.82, 2.24) is 4.90 Å². The van der Waals surface area contributed by atoms with Crippen molar-refractivity contribution in [1.29, 1.82) is 5.26 Å². The van der Waals surface area contributed by atoms with Crippen LogP contribution in [0.4, 0.5) is 0 Å². The number of carbonyl (C=O) groups excluding carboxylic acids is 1. The summed E-state index contributed by atoms with van der Waals surface area (Å²) in [5.74, 6) is 0.207. The van der Waals surface area contributed by atoms with Gasteiger partial charge in [0.25, 0.3) is 0 Å². The maximum Gasteiger partial charge on any atom is 0.222 e. The second kappa shape index (κ2) is 7.37. The van der Waals surface area contributed by atoms with Crippen LogP contribution in [0.15, 0.2) is 0 Å². The van der Waals surface area contributed by atoms with Gasteiger partial charge < -0.3 is 4.90 Å². The van der Waals surface area contributed by atoms with E-state index in [1.165, 1.54) is 0 Å². The van der Waals surface area contributed by atoms with Gasteiger partial charge in [0.05, 0.1) is 6.07 Å². The molecule has 0 aromatic heterocycles. The number of nitrogens with zero attached hydrogens (tertiary/aromatic N) is 2. The predicted molar refractivity (Wildman–Crippen MR) is 56.6 cm³/mol. The molecular weight excluding hydrogens is 176 g/mol. The molecule has 0 aliphatic heterocycles. The highest BCUT2D eigenvalue weighted by Crippen LogP contribution is 2.10. The summed E-state index contributed by atoms with van der Waals surface area (Å²) in [6.07, 6.45) is 2.04. The lowest BCUT2D eigenvalue weighted by Gasteiger charge is -2.18. The Morgan fingerprint density at radius 2 is 1.93 bits per heavy atom. The minimum Gasteiger partial charge on any atom is -0.343 e. The highest BCUT2D eigenvalue weighted by molar-refractivity contribution is 5.76. The number of nitriles is 1. The SMILES string of the molecule is CCC(C#N)CCC(=O)N(CC)CC. The fourth-order valence-corrected chi connectivity index (χ4v) is 1.39. The molecule has 1 unspecified atom stereocenters. The first kappa shape index (κ1) is 13.0. The predicted octanol–water partition coefficient (Wildman–Crippen LogP) is 2.18. The highest BCUT2D eigenvalue weighted by Gasteiger charge is 2.12. The van der Waals surface area contributed by atoms with Crippen LogP contribution in [-0.4, -0.2) is 23.9 Å². The minimum atomic E-state index is 0.0366. The van der Waals surface area contributed by atoms with E-state index >= 15 is 0 Å². The van der Waals surface area contributed by atoms with Gasteiger partial charge in [-0.25, -0.2) is 0 Å². The summed E-state index contributed by atoms with van der Waals surface area (Å²) in [6, 6.07) is 2.21. The molecule has 0 aliphatic carbocycles. The third kappa shape index (κ3) is 4.27. The Morgan fingerprint density at radius 1 is 1.36 bits per heavy atom. The molecule has 0 saturated heterocycles. The van der Waals surface area contributed by atoms with Crippen LogP contribution in [0.5, 0.6) is 0 Å². The standard InChI is InChI=1S/C11H20N2O/c1-4-10(9-12)7-8-11(14)13(5-2)6-3/h10H,4-8H2,1-3H3. The van der Waals surface area contributed by atoms with E-state index in [-0.39, 0.29) is 11.8 Å². The molecule has 0 fully saturated rings. The molecule has 0 N–H and O–H groups in total. The number of hydrogen-bond donors (Lipinski definition) is 0. The molecule has 0 rings (SSSR count). The fraction of sp³-hybridized carbons (Fsp3) is 0.818. The van der Waals surface area contributed by atoms with Crippen molar-refractivity contribution < 1.29 is 4.79 Å². The Bertz CT molecular complexity index is 204. The van der Waals surface area contributed by atoms with Crippen LogP contribution in [0.1, 0.15) is 40.0 Å². The van der Waals surface area contributed by atoms with Gasteiger partial charge in [-0.1, -0.05) is 6.92 Å². The Hall–Kier alpha value is -1.04. The van der Waals surface area contributed by atoms with Crippen LogP contribution >= 0.6 is 0 Å². The molecule has 0 spiro atoms. The molecule has 1 atom stereocenters. The number of amides is 1. The Labute approximate surface area is 86.7 Å². The lowest BCUT2D eigenvalue weighted by molar-refractivity contribution is -0.131. The van der Waals surface area contributed by atoms with Crippen molar-refractivity contribution in [3.8, 4) is 6.07 Å². The maximum absolute atomic E-state index is 11.6. The number of carbonyl (C=O) groups is 1. The normalized spacial score (nSPS) is 11.9. The fourth-order valence-electron chi connectivity index (χ4n) is 1.39. The van der Waals surface area contributed by atoms with E-state index in [0.717, 1.165) is 19.5 Å². The first-order chi connectivity index (χ1) is 6.69. The van der Waals surface area contributed by atoms with Crippen molar-refractivity contribution in [3.05, 3.63) is 0 Å². The third-order valence-electron chi connectivity index (χ3n) is 2.50. The monoisotopic (exact) mass is 196 g/mol. The lowest BCUT2D eigenvalue weighted by Crippen LogP contribution is -2.30. The van der Waals surface area contributed by atoms with Crippen LogP contribution in [0.3, 0.4) is 0 Å². The van der Waals surface area contributed by atoms with Crippen LogP contribution < -0.4 is 0 Å². The van der Waals surface area contributed by atoms with Gasteiger partial charge in [-0.2, -0.15) is 5.26 Å². The lowest BCUT2D eigenvalue weighted by atomic mass is 10.0. The molecule has 0 aromatic carbocycles. The largest absolute Gasteiger partial charge is 0.343 e. The Balaban J connectivity index is 3.89. The molecule has 0 aliphatic rings. The zero-order valence-corrected chi connectivity index (χ0v) is 9.42. The highest BCUT2D eigenvalue weighted by atomic mass is 16.2. The molecule has 3 nitrogen and oxygen atoms in total. The smallest absolute Gasteiger partial charge is 0.222 e. The average Bonchev–Trinajstić information content (AvgIpc) is 2.21. The van der Waals surface area contributed by atoms with Gasteiger partial charge in [0.2, 0.25) is 5.91 Å². The van der Waals surface area contributed by atoms with E-state index < -0.39 is 0 Å². The Kier molecular flexibility index (Phi) is 6.82. The summed E-state index contributed by atoms with van der Waals surface area (Å²) in [7, 11) is 0. The molecule has 80 valence electrons. The van der Waals surface area contributed by atoms with E-state index in [4.69, 9.17) is 5.26 Å². The first-order valence-electron chi connectivity index (χ1n) is 5.36. The van der Waals surface area contributed by atoms with Crippen LogP contribution in [-0.2, 0) is 4.79 Å². The molecule has 0 bridgehead atoms. The first-order valence-corrected chi connectivity index (χ1v) is 5.36. The zero-order chi connectivity index (χ0) is 11.0. The van der Waals surface area contributed by atoms with E-state index in [1.54, 1.807) is 0 Å². The van der Waals surface area contributed by atoms with Gasteiger partial charge in [-0.3, -0.25) is 4.79 Å². The van der Waals surface area contributed by atoms with E-state index in [9.17, 15) is 4.79 Å². The molecule has 0 radical (unpaired) electrons. The molecule has 0 heterocycles. The van der Waals surface area contributed by atoms with Gasteiger partial charge >= 0.3 is 0 Å². The van der Waals surface area contributed by atoms with Gasteiger partial charge in [0.15, 0.2) is 0 Å². The summed E-state index contributed by atoms with van der Waals surface area (Å²) in [5.41, 5.74) is 0. The van der Waals surface area contributed by atoms with Gasteiger partial charge in [0.1, 0.15) is 0 Å². The summed E-state index contributed by atoms with van der Waals surface area (Å²) in [5, 5.41) is 8.72. The quantitative estimate of drug-likeness (QED) is 0.653. The molecule has 1 amide bonds. The van der Waals surface area contributed by atoms with Crippen molar-refractivity contribution in [2.75, 3.05) is 13.1 Å². The van der Waals surface area contributed by atoms with E-state index in [1.807, 2.05) is 25.7 Å². The van der Waals surface area contributed by atoms with Crippen LogP contribution in [0.25, 0.3) is 0 Å². The van der Waals surface area contributed by atoms with Crippen LogP contribution in [0.2, 0.25) is 0 Å². The summed E-state index contributed by atoms with van der Waals surface area (Å²) >= 11 is 0. The molecule has 14 heavy (non-hydrogen) atoms. The maximum atomic E-state index is 11.6. The summed E-state index contributed by atoms with van der Waals surface area (Å²) in [4.78, 5) is 13.4. The summed E-state index contributed by atoms with van der Waals surface area (Å²) < 4.78 is 0. The van der Waals surface area contributed by atoms with Crippen molar-refractivity contribution in [2.45, 2.75) is 40.0 Å². The van der Waals surface area contributed by atoms with E-state index in [2.05, 4.69) is 6.07 Å². The second-order valence-corrected chi connectivity index (χ2v) is 3.34. The number of rotatable bonds is 6. The van der Waals surface area contributed by atoms with Crippen molar-refractivity contribution in [2.24, 2.45) is 5.92 Å². The molecule has 0 aromatic rings. The average molecular weight is 196 g/mol. The van der Waals surface area contributed by atoms with Crippen molar-refractivity contribution in [3.63, 3.8) is 0 Å².